The molecular formula is C14H18N2O4S. The summed E-state index contributed by atoms with van der Waals surface area (Å²) in [6.07, 6.45) is 1.72. The zero-order valence-electron chi connectivity index (χ0n) is 12.0. The Bertz CT molecular complexity index is 707. The molecule has 0 aliphatic heterocycles. The lowest BCUT2D eigenvalue weighted by Crippen LogP contribution is -2.31. The molecule has 1 aromatic carbocycles. The monoisotopic (exact) mass is 310 g/mol. The normalized spacial score (nSPS) is 12.0. The molecule has 21 heavy (non-hydrogen) atoms. The summed E-state index contributed by atoms with van der Waals surface area (Å²) < 4.78 is 6.65. The van der Waals surface area contributed by atoms with Gasteiger partial charge in [0.15, 0.2) is 5.58 Å². The zero-order chi connectivity index (χ0) is 15.6. The second-order valence-corrected chi connectivity index (χ2v) is 5.54. The number of aromatic nitrogens is 1. The van der Waals surface area contributed by atoms with Crippen LogP contribution in [0.1, 0.15) is 26.7 Å². The molecule has 7 heteroatoms. The van der Waals surface area contributed by atoms with E-state index in [1.54, 1.807) is 0 Å². The van der Waals surface area contributed by atoms with Crippen LogP contribution in [0.5, 0.6) is 0 Å². The van der Waals surface area contributed by atoms with Gasteiger partial charge in [0.25, 0.3) is 5.69 Å². The van der Waals surface area contributed by atoms with Gasteiger partial charge < -0.3 is 4.42 Å². The molecule has 0 fully saturated rings. The third-order valence-corrected chi connectivity index (χ3v) is 4.86. The van der Waals surface area contributed by atoms with Gasteiger partial charge in [-0.2, -0.15) is 12.6 Å². The first-order chi connectivity index (χ1) is 9.96. The summed E-state index contributed by atoms with van der Waals surface area (Å²) in [6.45, 7) is 4.54. The van der Waals surface area contributed by atoms with Gasteiger partial charge >= 0.3 is 5.76 Å². The summed E-state index contributed by atoms with van der Waals surface area (Å²) in [5, 5.41) is 10.9. The molecule has 2 aromatic rings. The van der Waals surface area contributed by atoms with Crippen molar-refractivity contribution in [1.29, 1.82) is 0 Å². The number of rotatable bonds is 6. The molecule has 0 atom stereocenters. The van der Waals surface area contributed by atoms with Crippen LogP contribution in [0.15, 0.2) is 27.4 Å². The Balaban J connectivity index is 2.57. The second-order valence-electron chi connectivity index (χ2n) is 5.23. The number of nitrogens with zero attached hydrogens (tertiary/aromatic N) is 2. The maximum atomic E-state index is 12.0. The lowest BCUT2D eigenvalue weighted by atomic mass is 9.84. The van der Waals surface area contributed by atoms with Crippen LogP contribution >= 0.6 is 12.6 Å². The predicted octanol–water partition coefficient (Wildman–Crippen LogP) is 3.24. The molecule has 0 aliphatic carbocycles. The number of hydrogen-bond donors (Lipinski definition) is 1. The Labute approximate surface area is 127 Å². The molecule has 114 valence electrons. The molecule has 1 heterocycles. The molecule has 0 bridgehead atoms. The van der Waals surface area contributed by atoms with E-state index in [0.29, 0.717) is 23.4 Å². The third kappa shape index (κ3) is 2.83. The van der Waals surface area contributed by atoms with E-state index >= 15 is 0 Å². The van der Waals surface area contributed by atoms with Crippen molar-refractivity contribution in [2.24, 2.45) is 5.41 Å². The van der Waals surface area contributed by atoms with E-state index in [2.05, 4.69) is 26.5 Å². The van der Waals surface area contributed by atoms with Crippen molar-refractivity contribution in [2.75, 3.05) is 5.75 Å². The van der Waals surface area contributed by atoms with E-state index in [1.165, 1.54) is 22.8 Å². The SMILES string of the molecule is CCC(CC)(CS)Cn1c(=O)oc2ccc([N+](=O)[O-])cc21. The first-order valence-electron chi connectivity index (χ1n) is 6.85. The van der Waals surface area contributed by atoms with Crippen molar-refractivity contribution in [3.63, 3.8) is 0 Å². The molecule has 0 aliphatic rings. The summed E-state index contributed by atoms with van der Waals surface area (Å²) >= 11 is 4.40. The number of non-ortho nitro benzene ring substituents is 1. The minimum absolute atomic E-state index is 0.0541. The van der Waals surface area contributed by atoms with Crippen molar-refractivity contribution in [2.45, 2.75) is 33.2 Å². The summed E-state index contributed by atoms with van der Waals surface area (Å²) in [6, 6.07) is 4.18. The molecule has 0 spiro atoms. The lowest BCUT2D eigenvalue weighted by molar-refractivity contribution is -0.384. The van der Waals surface area contributed by atoms with Gasteiger partial charge in [0, 0.05) is 18.7 Å². The Morgan fingerprint density at radius 1 is 1.38 bits per heavy atom. The van der Waals surface area contributed by atoms with Gasteiger partial charge in [0.1, 0.15) is 0 Å². The largest absolute Gasteiger partial charge is 0.419 e. The summed E-state index contributed by atoms with van der Waals surface area (Å²) in [4.78, 5) is 22.5. The number of benzene rings is 1. The van der Waals surface area contributed by atoms with Crippen LogP contribution < -0.4 is 5.76 Å². The number of oxazole rings is 1. The van der Waals surface area contributed by atoms with E-state index in [1.807, 2.05) is 0 Å². The maximum absolute atomic E-state index is 12.0. The van der Waals surface area contributed by atoms with E-state index < -0.39 is 10.7 Å². The Hall–Kier alpha value is -1.76. The van der Waals surface area contributed by atoms with Crippen LogP contribution in [0.25, 0.3) is 11.1 Å². The first kappa shape index (κ1) is 15.6. The maximum Gasteiger partial charge on any atom is 0.419 e. The van der Waals surface area contributed by atoms with Crippen LogP contribution in [0, 0.1) is 15.5 Å². The topological polar surface area (TPSA) is 78.3 Å². The predicted molar refractivity (Wildman–Crippen MR) is 84.0 cm³/mol. The van der Waals surface area contributed by atoms with Gasteiger partial charge in [0.05, 0.1) is 10.4 Å². The lowest BCUT2D eigenvalue weighted by Gasteiger charge is -2.29. The second kappa shape index (κ2) is 5.93. The molecule has 0 N–H and O–H groups in total. The van der Waals surface area contributed by atoms with Crippen molar-refractivity contribution >= 4 is 29.4 Å². The molecule has 2 rings (SSSR count). The van der Waals surface area contributed by atoms with Crippen LogP contribution in [-0.4, -0.2) is 15.2 Å². The minimum Gasteiger partial charge on any atom is -0.408 e. The van der Waals surface area contributed by atoms with E-state index in [9.17, 15) is 14.9 Å². The molecule has 0 unspecified atom stereocenters. The van der Waals surface area contributed by atoms with Gasteiger partial charge in [-0.25, -0.2) is 4.79 Å². The molecule has 0 saturated carbocycles. The minimum atomic E-state index is -0.487. The fourth-order valence-electron chi connectivity index (χ4n) is 2.40. The van der Waals surface area contributed by atoms with Crippen LogP contribution in [0.2, 0.25) is 0 Å². The fourth-order valence-corrected chi connectivity index (χ4v) is 2.94. The summed E-state index contributed by atoms with van der Waals surface area (Å²) in [7, 11) is 0. The van der Waals surface area contributed by atoms with Gasteiger partial charge in [-0.05, 0) is 30.1 Å². The van der Waals surface area contributed by atoms with Crippen LogP contribution in [-0.2, 0) is 6.54 Å². The van der Waals surface area contributed by atoms with Gasteiger partial charge in [-0.1, -0.05) is 13.8 Å². The highest BCUT2D eigenvalue weighted by molar-refractivity contribution is 7.80. The highest BCUT2D eigenvalue weighted by Gasteiger charge is 2.27. The fraction of sp³-hybridized carbons (Fsp3) is 0.500. The number of thiol groups is 1. The smallest absolute Gasteiger partial charge is 0.408 e. The Morgan fingerprint density at radius 3 is 2.57 bits per heavy atom. The summed E-state index contributed by atoms with van der Waals surface area (Å²) in [5.41, 5.74) is 0.642. The third-order valence-electron chi connectivity index (χ3n) is 4.19. The standard InChI is InChI=1S/C14H18N2O4S/c1-3-14(4-2,9-21)8-15-11-7-10(16(18)19)5-6-12(11)20-13(15)17/h5-7,21H,3-4,8-9H2,1-2H3. The highest BCUT2D eigenvalue weighted by atomic mass is 32.1. The average Bonchev–Trinajstić information content (AvgIpc) is 2.79. The summed E-state index contributed by atoms with van der Waals surface area (Å²) in [5.74, 6) is 0.146. The van der Waals surface area contributed by atoms with Crippen LogP contribution in [0.3, 0.4) is 0 Å². The molecule has 0 saturated heterocycles. The van der Waals surface area contributed by atoms with E-state index in [0.717, 1.165) is 12.8 Å². The Kier molecular flexibility index (Phi) is 4.41. The van der Waals surface area contributed by atoms with Crippen molar-refractivity contribution in [3.05, 3.63) is 38.9 Å². The number of nitro benzene ring substituents is 1. The molecule has 6 nitrogen and oxygen atoms in total. The quantitative estimate of drug-likeness (QED) is 0.505. The average molecular weight is 310 g/mol. The van der Waals surface area contributed by atoms with Crippen molar-refractivity contribution < 1.29 is 9.34 Å². The first-order valence-corrected chi connectivity index (χ1v) is 7.48. The van der Waals surface area contributed by atoms with Crippen LogP contribution in [0.4, 0.5) is 5.69 Å². The zero-order valence-corrected chi connectivity index (χ0v) is 12.9. The van der Waals surface area contributed by atoms with Gasteiger partial charge in [-0.3, -0.25) is 14.7 Å². The van der Waals surface area contributed by atoms with E-state index in [-0.39, 0.29) is 11.1 Å². The Morgan fingerprint density at radius 2 is 2.05 bits per heavy atom. The number of hydrogen-bond acceptors (Lipinski definition) is 5. The molecule has 0 radical (unpaired) electrons. The number of nitro groups is 1. The van der Waals surface area contributed by atoms with Gasteiger partial charge in [0.2, 0.25) is 0 Å². The van der Waals surface area contributed by atoms with Gasteiger partial charge in [-0.15, -0.1) is 0 Å². The highest BCUT2D eigenvalue weighted by Crippen LogP contribution is 2.31. The molecular weight excluding hydrogens is 292 g/mol. The molecule has 0 amide bonds. The van der Waals surface area contributed by atoms with Crippen molar-refractivity contribution in [3.8, 4) is 0 Å². The van der Waals surface area contributed by atoms with E-state index in [4.69, 9.17) is 4.42 Å². The molecule has 1 aromatic heterocycles. The number of fused-ring (bicyclic) bond motifs is 1. The van der Waals surface area contributed by atoms with Crippen molar-refractivity contribution in [1.82, 2.24) is 4.57 Å².